The zero-order valence-corrected chi connectivity index (χ0v) is 18.5. The largest absolute Gasteiger partial charge is 0.373 e. The highest BCUT2D eigenvalue weighted by molar-refractivity contribution is 6.00. The van der Waals surface area contributed by atoms with Crippen LogP contribution in [0.1, 0.15) is 61.8 Å². The number of hydrogen-bond acceptors (Lipinski definition) is 6. The maximum absolute atomic E-state index is 13.3. The molecular weight excluding hydrogens is 406 g/mol. The number of rotatable bonds is 7. The lowest BCUT2D eigenvalue weighted by molar-refractivity contribution is 0.0952. The molecule has 1 amide bonds. The van der Waals surface area contributed by atoms with E-state index in [9.17, 15) is 9.59 Å². The fraction of sp³-hybridized carbons (Fsp3) is 0.478. The zero-order valence-electron chi connectivity index (χ0n) is 18.5. The second-order valence-corrected chi connectivity index (χ2v) is 8.74. The van der Waals surface area contributed by atoms with Crippen LogP contribution in [0.25, 0.3) is 5.65 Å². The molecule has 3 aromatic rings. The summed E-state index contributed by atoms with van der Waals surface area (Å²) in [6.45, 7) is 2.19. The van der Waals surface area contributed by atoms with Crippen molar-refractivity contribution in [2.45, 2.75) is 57.5 Å². The van der Waals surface area contributed by atoms with Gasteiger partial charge < -0.3 is 20.5 Å². The van der Waals surface area contributed by atoms with Gasteiger partial charge in [0.15, 0.2) is 5.65 Å². The van der Waals surface area contributed by atoms with E-state index in [2.05, 4.69) is 33.0 Å². The summed E-state index contributed by atoms with van der Waals surface area (Å²) in [4.78, 5) is 30.5. The summed E-state index contributed by atoms with van der Waals surface area (Å²) in [5.41, 5.74) is 1.28. The molecule has 0 bridgehead atoms. The first-order chi connectivity index (χ1) is 15.6. The predicted octanol–water partition coefficient (Wildman–Crippen LogP) is 3.32. The van der Waals surface area contributed by atoms with Crippen molar-refractivity contribution in [1.82, 2.24) is 24.5 Å². The number of anilines is 3. The lowest BCUT2D eigenvalue weighted by Crippen LogP contribution is -2.28. The summed E-state index contributed by atoms with van der Waals surface area (Å²) in [5, 5.41) is 13.6. The second kappa shape index (κ2) is 8.29. The van der Waals surface area contributed by atoms with Crippen LogP contribution in [0.2, 0.25) is 0 Å². The van der Waals surface area contributed by atoms with Gasteiger partial charge in [-0.3, -0.25) is 9.59 Å². The van der Waals surface area contributed by atoms with E-state index in [1.165, 1.54) is 12.6 Å². The number of amides is 1. The molecule has 2 aliphatic rings. The monoisotopic (exact) mass is 435 g/mol. The van der Waals surface area contributed by atoms with Gasteiger partial charge >= 0.3 is 0 Å². The summed E-state index contributed by atoms with van der Waals surface area (Å²) in [6, 6.07) is 5.94. The third kappa shape index (κ3) is 3.72. The SMILES string of the molecule is CC[C@H]1CCC[C@@H]1n1cccc(Nc2cc(NC)n3ncc(C(=O)NC4CC4)c3n2)c1=O. The Morgan fingerprint density at radius 3 is 2.84 bits per heavy atom. The topological polar surface area (TPSA) is 105 Å². The van der Waals surface area contributed by atoms with E-state index in [0.717, 1.165) is 32.1 Å². The standard InChI is InChI=1S/C23H29N7O2/c1-3-14-6-4-8-18(14)29-11-5-7-17(23(29)32)27-19-12-20(24-2)30-21(28-19)16(13-25-30)22(31)26-15-9-10-15/h5,7,11-15,18,24H,3-4,6,8-10H2,1-2H3,(H,26,31)(H,27,28)/t14-,18-/m0/s1. The predicted molar refractivity (Wildman–Crippen MR) is 124 cm³/mol. The van der Waals surface area contributed by atoms with Gasteiger partial charge in [-0.25, -0.2) is 4.98 Å². The minimum absolute atomic E-state index is 0.0502. The van der Waals surface area contributed by atoms with Crippen molar-refractivity contribution in [3.63, 3.8) is 0 Å². The van der Waals surface area contributed by atoms with Gasteiger partial charge in [0.25, 0.3) is 11.5 Å². The highest BCUT2D eigenvalue weighted by atomic mass is 16.2. The molecule has 32 heavy (non-hydrogen) atoms. The van der Waals surface area contributed by atoms with Crippen molar-refractivity contribution in [3.8, 4) is 0 Å². The van der Waals surface area contributed by atoms with E-state index >= 15 is 0 Å². The Bertz CT molecular complexity index is 1210. The lowest BCUT2D eigenvalue weighted by Gasteiger charge is -2.21. The van der Waals surface area contributed by atoms with E-state index in [4.69, 9.17) is 0 Å². The molecule has 0 aliphatic heterocycles. The quantitative estimate of drug-likeness (QED) is 0.526. The van der Waals surface area contributed by atoms with Crippen LogP contribution >= 0.6 is 0 Å². The Balaban J connectivity index is 1.49. The van der Waals surface area contributed by atoms with Gasteiger partial charge in [-0.1, -0.05) is 19.8 Å². The summed E-state index contributed by atoms with van der Waals surface area (Å²) in [7, 11) is 1.78. The molecule has 2 atom stereocenters. The zero-order chi connectivity index (χ0) is 22.2. The maximum atomic E-state index is 13.3. The molecule has 0 radical (unpaired) electrons. The van der Waals surface area contributed by atoms with E-state index in [0.29, 0.717) is 34.5 Å². The number of nitrogens with one attached hydrogen (secondary N) is 3. The van der Waals surface area contributed by atoms with E-state index < -0.39 is 0 Å². The Kier molecular flexibility index (Phi) is 5.32. The highest BCUT2D eigenvalue weighted by Crippen LogP contribution is 2.37. The van der Waals surface area contributed by atoms with Crippen LogP contribution in [0, 0.1) is 5.92 Å². The van der Waals surface area contributed by atoms with Crippen molar-refractivity contribution in [2.24, 2.45) is 5.92 Å². The molecule has 168 valence electrons. The summed E-state index contributed by atoms with van der Waals surface area (Å²) in [6.07, 6.45) is 9.87. The molecule has 0 aromatic carbocycles. The van der Waals surface area contributed by atoms with Gasteiger partial charge in [0.2, 0.25) is 0 Å². The molecule has 3 N–H and O–H groups in total. The lowest BCUT2D eigenvalue weighted by atomic mass is 10.0. The summed E-state index contributed by atoms with van der Waals surface area (Å²) in [5.74, 6) is 1.51. The summed E-state index contributed by atoms with van der Waals surface area (Å²) >= 11 is 0. The first-order valence-corrected chi connectivity index (χ1v) is 11.4. The average Bonchev–Trinajstić information content (AvgIpc) is 3.31. The molecule has 9 nitrogen and oxygen atoms in total. The Hall–Kier alpha value is -3.36. The Morgan fingerprint density at radius 1 is 1.25 bits per heavy atom. The van der Waals surface area contributed by atoms with E-state index in [1.54, 1.807) is 23.7 Å². The number of aromatic nitrogens is 4. The van der Waals surface area contributed by atoms with Crippen LogP contribution in [-0.4, -0.2) is 38.2 Å². The molecule has 0 unspecified atom stereocenters. The number of pyridine rings is 1. The molecule has 0 spiro atoms. The van der Waals surface area contributed by atoms with Crippen LogP contribution in [0.5, 0.6) is 0 Å². The van der Waals surface area contributed by atoms with Crippen molar-refractivity contribution in [2.75, 3.05) is 17.7 Å². The van der Waals surface area contributed by atoms with Crippen LogP contribution in [0.15, 0.2) is 35.4 Å². The fourth-order valence-corrected chi connectivity index (χ4v) is 4.72. The molecule has 5 rings (SSSR count). The number of fused-ring (bicyclic) bond motifs is 1. The Labute approximate surface area is 186 Å². The fourth-order valence-electron chi connectivity index (χ4n) is 4.72. The van der Waals surface area contributed by atoms with Gasteiger partial charge in [0.05, 0.1) is 6.20 Å². The highest BCUT2D eigenvalue weighted by Gasteiger charge is 2.28. The summed E-state index contributed by atoms with van der Waals surface area (Å²) < 4.78 is 3.47. The molecule has 3 heterocycles. The Morgan fingerprint density at radius 2 is 2.09 bits per heavy atom. The minimum Gasteiger partial charge on any atom is -0.373 e. The van der Waals surface area contributed by atoms with E-state index in [1.807, 2.05) is 16.8 Å². The number of carbonyl (C=O) groups is 1. The molecule has 3 aromatic heterocycles. The third-order valence-corrected chi connectivity index (χ3v) is 6.62. The first kappa shape index (κ1) is 20.5. The van der Waals surface area contributed by atoms with Gasteiger partial charge in [0, 0.05) is 31.4 Å². The number of hydrogen-bond donors (Lipinski definition) is 3. The van der Waals surface area contributed by atoms with Gasteiger partial charge in [0.1, 0.15) is 22.9 Å². The van der Waals surface area contributed by atoms with Crippen LogP contribution in [0.3, 0.4) is 0 Å². The smallest absolute Gasteiger partial charge is 0.274 e. The average molecular weight is 436 g/mol. The van der Waals surface area contributed by atoms with Gasteiger partial charge in [-0.2, -0.15) is 9.61 Å². The van der Waals surface area contributed by atoms with Gasteiger partial charge in [-0.05, 0) is 43.7 Å². The molecule has 2 saturated carbocycles. The van der Waals surface area contributed by atoms with Crippen molar-refractivity contribution >= 4 is 28.9 Å². The van der Waals surface area contributed by atoms with Crippen LogP contribution < -0.4 is 21.5 Å². The molecule has 9 heteroatoms. The van der Waals surface area contributed by atoms with E-state index in [-0.39, 0.29) is 23.6 Å². The van der Waals surface area contributed by atoms with Crippen LogP contribution in [0.4, 0.5) is 17.3 Å². The van der Waals surface area contributed by atoms with Gasteiger partial charge in [-0.15, -0.1) is 0 Å². The van der Waals surface area contributed by atoms with Crippen molar-refractivity contribution < 1.29 is 4.79 Å². The van der Waals surface area contributed by atoms with Crippen molar-refractivity contribution in [1.29, 1.82) is 0 Å². The third-order valence-electron chi connectivity index (χ3n) is 6.62. The number of carbonyl (C=O) groups excluding carboxylic acids is 1. The molecule has 2 aliphatic carbocycles. The normalized spacial score (nSPS) is 20.4. The van der Waals surface area contributed by atoms with Crippen LogP contribution in [-0.2, 0) is 0 Å². The molecular formula is C23H29N7O2. The second-order valence-electron chi connectivity index (χ2n) is 8.74. The van der Waals surface area contributed by atoms with Crippen molar-refractivity contribution in [3.05, 3.63) is 46.5 Å². The maximum Gasteiger partial charge on any atom is 0.274 e. The first-order valence-electron chi connectivity index (χ1n) is 11.4. The number of nitrogens with zero attached hydrogens (tertiary/aromatic N) is 4. The molecule has 0 saturated heterocycles. The molecule has 2 fully saturated rings. The minimum atomic E-state index is -0.178.